The molecule has 0 unspecified atom stereocenters. The fourth-order valence-electron chi connectivity index (χ4n) is 4.27. The number of carbonyl (C=O) groups is 1. The SMILES string of the molecule is C=CCOc1cc(N)c(Cl)cc1C(=O)NC1CCN(CC2CCCCC2)CC1.Cl. The van der Waals surface area contributed by atoms with E-state index in [9.17, 15) is 4.79 Å². The summed E-state index contributed by atoms with van der Waals surface area (Å²) in [5.41, 5.74) is 6.68. The first-order valence-electron chi connectivity index (χ1n) is 10.4. The summed E-state index contributed by atoms with van der Waals surface area (Å²) in [6, 6.07) is 3.37. The Morgan fingerprint density at radius 1 is 1.24 bits per heavy atom. The summed E-state index contributed by atoms with van der Waals surface area (Å²) in [6.45, 7) is 7.26. The Hall–Kier alpha value is -1.43. The van der Waals surface area contributed by atoms with Crippen molar-refractivity contribution in [1.82, 2.24) is 10.2 Å². The van der Waals surface area contributed by atoms with Crippen LogP contribution in [0.1, 0.15) is 55.3 Å². The molecule has 1 heterocycles. The van der Waals surface area contributed by atoms with Gasteiger partial charge < -0.3 is 20.7 Å². The number of likely N-dealkylation sites (tertiary alicyclic amines) is 1. The van der Waals surface area contributed by atoms with Gasteiger partial charge in [-0.25, -0.2) is 0 Å². The third kappa shape index (κ3) is 6.80. The molecule has 0 spiro atoms. The fourth-order valence-corrected chi connectivity index (χ4v) is 4.44. The second-order valence-electron chi connectivity index (χ2n) is 8.02. The summed E-state index contributed by atoms with van der Waals surface area (Å²) in [4.78, 5) is 15.4. The Morgan fingerprint density at radius 3 is 2.59 bits per heavy atom. The Morgan fingerprint density at radius 2 is 1.93 bits per heavy atom. The first kappa shape index (κ1) is 23.8. The zero-order chi connectivity index (χ0) is 19.9. The van der Waals surface area contributed by atoms with Gasteiger partial charge in [0.1, 0.15) is 12.4 Å². The van der Waals surface area contributed by atoms with E-state index in [4.69, 9.17) is 22.1 Å². The monoisotopic (exact) mass is 441 g/mol. The molecular formula is C22H33Cl2N3O2. The summed E-state index contributed by atoms with van der Waals surface area (Å²) in [5, 5.41) is 3.51. The van der Waals surface area contributed by atoms with E-state index in [2.05, 4.69) is 16.8 Å². The van der Waals surface area contributed by atoms with Crippen LogP contribution in [0, 0.1) is 5.92 Å². The molecule has 1 aromatic rings. The Bertz CT molecular complexity index is 685. The lowest BCUT2D eigenvalue weighted by molar-refractivity contribution is 0.0898. The number of benzene rings is 1. The van der Waals surface area contributed by atoms with Gasteiger partial charge in [-0.15, -0.1) is 12.4 Å². The number of hydrogen-bond donors (Lipinski definition) is 2. The lowest BCUT2D eigenvalue weighted by atomic mass is 9.88. The number of ether oxygens (including phenoxy) is 1. The minimum Gasteiger partial charge on any atom is -0.489 e. The molecule has 3 rings (SSSR count). The van der Waals surface area contributed by atoms with Gasteiger partial charge in [0.25, 0.3) is 5.91 Å². The molecule has 0 radical (unpaired) electrons. The Kier molecular flexibility index (Phi) is 9.60. The molecular weight excluding hydrogens is 409 g/mol. The molecule has 162 valence electrons. The molecule has 1 saturated heterocycles. The number of rotatable bonds is 7. The molecule has 1 saturated carbocycles. The van der Waals surface area contributed by atoms with E-state index in [1.165, 1.54) is 38.6 Å². The van der Waals surface area contributed by atoms with Crippen LogP contribution in [-0.4, -0.2) is 43.1 Å². The fraction of sp³-hybridized carbons (Fsp3) is 0.591. The molecule has 2 aliphatic rings. The van der Waals surface area contributed by atoms with Crippen molar-refractivity contribution in [2.75, 3.05) is 32.0 Å². The Labute approximate surface area is 185 Å². The van der Waals surface area contributed by atoms with Gasteiger partial charge in [0.2, 0.25) is 0 Å². The van der Waals surface area contributed by atoms with Crippen molar-refractivity contribution in [3.8, 4) is 5.75 Å². The van der Waals surface area contributed by atoms with Crippen LogP contribution in [0.2, 0.25) is 5.02 Å². The number of piperidine rings is 1. The highest BCUT2D eigenvalue weighted by molar-refractivity contribution is 6.33. The van der Waals surface area contributed by atoms with Gasteiger partial charge in [-0.05, 0) is 37.7 Å². The predicted octanol–water partition coefficient (Wildman–Crippen LogP) is 4.68. The van der Waals surface area contributed by atoms with E-state index in [1.807, 2.05) is 0 Å². The third-order valence-electron chi connectivity index (χ3n) is 5.86. The number of hydrogen-bond acceptors (Lipinski definition) is 4. The largest absolute Gasteiger partial charge is 0.489 e. The van der Waals surface area contributed by atoms with Gasteiger partial charge >= 0.3 is 0 Å². The quantitative estimate of drug-likeness (QED) is 0.475. The average molecular weight is 442 g/mol. The summed E-state index contributed by atoms with van der Waals surface area (Å²) in [7, 11) is 0. The van der Waals surface area contributed by atoms with Gasteiger partial charge in [0, 0.05) is 31.7 Å². The molecule has 3 N–H and O–H groups in total. The van der Waals surface area contributed by atoms with Crippen LogP contribution in [0.5, 0.6) is 5.75 Å². The maximum Gasteiger partial charge on any atom is 0.255 e. The first-order valence-corrected chi connectivity index (χ1v) is 10.8. The van der Waals surface area contributed by atoms with E-state index >= 15 is 0 Å². The number of nitrogens with zero attached hydrogens (tertiary/aromatic N) is 1. The number of halogens is 2. The van der Waals surface area contributed by atoms with E-state index < -0.39 is 0 Å². The second kappa shape index (κ2) is 11.7. The van der Waals surface area contributed by atoms with E-state index in [1.54, 1.807) is 18.2 Å². The van der Waals surface area contributed by atoms with Crippen molar-refractivity contribution in [2.24, 2.45) is 5.92 Å². The maximum atomic E-state index is 12.8. The molecule has 5 nitrogen and oxygen atoms in total. The molecule has 1 aliphatic carbocycles. The third-order valence-corrected chi connectivity index (χ3v) is 6.19. The second-order valence-corrected chi connectivity index (χ2v) is 8.43. The highest BCUT2D eigenvalue weighted by Crippen LogP contribution is 2.30. The number of anilines is 1. The van der Waals surface area contributed by atoms with E-state index in [0.717, 1.165) is 31.8 Å². The van der Waals surface area contributed by atoms with Crippen molar-refractivity contribution in [1.29, 1.82) is 0 Å². The lowest BCUT2D eigenvalue weighted by Gasteiger charge is -2.35. The van der Waals surface area contributed by atoms with Crippen LogP contribution in [0.15, 0.2) is 24.8 Å². The van der Waals surface area contributed by atoms with Gasteiger partial charge in [-0.2, -0.15) is 0 Å². The summed E-state index contributed by atoms with van der Waals surface area (Å²) >= 11 is 6.13. The summed E-state index contributed by atoms with van der Waals surface area (Å²) in [5.74, 6) is 1.14. The van der Waals surface area contributed by atoms with Gasteiger partial charge in [-0.1, -0.05) is 43.5 Å². The maximum absolute atomic E-state index is 12.8. The minimum atomic E-state index is -0.160. The van der Waals surface area contributed by atoms with E-state index in [0.29, 0.717) is 28.6 Å². The Balaban J connectivity index is 0.00000300. The summed E-state index contributed by atoms with van der Waals surface area (Å²) < 4.78 is 5.61. The molecule has 7 heteroatoms. The highest BCUT2D eigenvalue weighted by atomic mass is 35.5. The van der Waals surface area contributed by atoms with Gasteiger partial charge in [0.05, 0.1) is 16.3 Å². The average Bonchev–Trinajstić information content (AvgIpc) is 2.70. The van der Waals surface area contributed by atoms with Gasteiger partial charge in [-0.3, -0.25) is 4.79 Å². The first-order chi connectivity index (χ1) is 13.6. The molecule has 0 aromatic heterocycles. The molecule has 0 bridgehead atoms. The molecule has 2 fully saturated rings. The van der Waals surface area contributed by atoms with Crippen LogP contribution >= 0.6 is 24.0 Å². The van der Waals surface area contributed by atoms with Crippen LogP contribution in [0.3, 0.4) is 0 Å². The molecule has 29 heavy (non-hydrogen) atoms. The molecule has 1 aliphatic heterocycles. The standard InChI is InChI=1S/C22H32ClN3O2.ClH/c1-2-12-28-21-14-20(24)19(23)13-18(21)22(27)25-17-8-10-26(11-9-17)15-16-6-4-3-5-7-16;/h2,13-14,16-17H,1,3-12,15,24H2,(H,25,27);1H. The number of amides is 1. The molecule has 1 aromatic carbocycles. The molecule has 0 atom stereocenters. The van der Waals surface area contributed by atoms with Crippen LogP contribution < -0.4 is 15.8 Å². The topological polar surface area (TPSA) is 67.6 Å². The lowest BCUT2D eigenvalue weighted by Crippen LogP contribution is -2.46. The molecule has 1 amide bonds. The number of carbonyl (C=O) groups excluding carboxylic acids is 1. The van der Waals surface area contributed by atoms with Crippen LogP contribution in [0.4, 0.5) is 5.69 Å². The van der Waals surface area contributed by atoms with Crippen LogP contribution in [-0.2, 0) is 0 Å². The van der Waals surface area contributed by atoms with Crippen molar-refractivity contribution < 1.29 is 9.53 Å². The van der Waals surface area contributed by atoms with Crippen LogP contribution in [0.25, 0.3) is 0 Å². The number of nitrogen functional groups attached to an aromatic ring is 1. The minimum absolute atomic E-state index is 0. The van der Waals surface area contributed by atoms with Crippen molar-refractivity contribution >= 4 is 35.6 Å². The number of nitrogens with one attached hydrogen (secondary N) is 1. The number of nitrogens with two attached hydrogens (primary N) is 1. The zero-order valence-corrected chi connectivity index (χ0v) is 18.6. The zero-order valence-electron chi connectivity index (χ0n) is 17.0. The normalized spacial score (nSPS) is 18.7. The predicted molar refractivity (Wildman–Crippen MR) is 122 cm³/mol. The van der Waals surface area contributed by atoms with Gasteiger partial charge in [0.15, 0.2) is 0 Å². The van der Waals surface area contributed by atoms with E-state index in [-0.39, 0.29) is 24.4 Å². The smallest absolute Gasteiger partial charge is 0.255 e. The van der Waals surface area contributed by atoms with Crippen molar-refractivity contribution in [3.63, 3.8) is 0 Å². The van der Waals surface area contributed by atoms with Crippen molar-refractivity contribution in [3.05, 3.63) is 35.4 Å². The summed E-state index contributed by atoms with van der Waals surface area (Å²) in [6.07, 6.45) is 10.5. The highest BCUT2D eigenvalue weighted by Gasteiger charge is 2.25. The van der Waals surface area contributed by atoms with Crippen molar-refractivity contribution in [2.45, 2.75) is 51.0 Å².